The van der Waals surface area contributed by atoms with Gasteiger partial charge in [-0.1, -0.05) is 18.7 Å². The van der Waals surface area contributed by atoms with Crippen LogP contribution in [0.25, 0.3) is 0 Å². The molecule has 2 unspecified atom stereocenters. The third kappa shape index (κ3) is 2.60. The molecule has 3 heteroatoms. The van der Waals surface area contributed by atoms with Crippen molar-refractivity contribution in [3.63, 3.8) is 0 Å². The molecule has 2 heterocycles. The van der Waals surface area contributed by atoms with Gasteiger partial charge in [0, 0.05) is 6.04 Å². The van der Waals surface area contributed by atoms with E-state index in [4.69, 9.17) is 4.74 Å². The molecule has 0 aromatic heterocycles. The topological polar surface area (TPSA) is 29.5 Å². The number of allylic oxidation sites excluding steroid dienone is 1. The number of nitrogens with zero attached hydrogens (tertiary/aromatic N) is 1. The van der Waals surface area contributed by atoms with Crippen LogP contribution in [0.1, 0.15) is 46.5 Å². The van der Waals surface area contributed by atoms with E-state index in [0.717, 1.165) is 25.7 Å². The Morgan fingerprint density at radius 2 is 2.17 bits per heavy atom. The number of hydrogen-bond acceptors (Lipinski definition) is 2. The highest BCUT2D eigenvalue weighted by molar-refractivity contribution is 5.70. The monoisotopic (exact) mass is 249 g/mol. The van der Waals surface area contributed by atoms with Crippen LogP contribution in [0, 0.1) is 0 Å². The number of rotatable bonds is 1. The first-order valence-corrected chi connectivity index (χ1v) is 6.76. The number of ether oxygens (including phenoxy) is 1. The van der Waals surface area contributed by atoms with E-state index in [2.05, 4.69) is 12.7 Å². The molecule has 0 aromatic carbocycles. The molecular weight excluding hydrogens is 226 g/mol. The van der Waals surface area contributed by atoms with Crippen LogP contribution in [0.4, 0.5) is 4.79 Å². The van der Waals surface area contributed by atoms with E-state index in [9.17, 15) is 4.79 Å². The summed E-state index contributed by atoms with van der Waals surface area (Å²) in [5, 5.41) is 0. The van der Waals surface area contributed by atoms with Crippen molar-refractivity contribution in [2.24, 2.45) is 0 Å². The van der Waals surface area contributed by atoms with Crippen molar-refractivity contribution in [2.45, 2.75) is 64.1 Å². The molecule has 0 saturated carbocycles. The Labute approximate surface area is 109 Å². The van der Waals surface area contributed by atoms with Gasteiger partial charge in [0.05, 0.1) is 6.04 Å². The fraction of sp³-hybridized carbons (Fsp3) is 0.667. The van der Waals surface area contributed by atoms with Crippen LogP contribution in [0.3, 0.4) is 0 Å². The third-order valence-corrected chi connectivity index (χ3v) is 3.61. The van der Waals surface area contributed by atoms with E-state index in [1.54, 1.807) is 0 Å². The molecule has 1 amide bonds. The summed E-state index contributed by atoms with van der Waals surface area (Å²) in [5.74, 6) is 0. The Morgan fingerprint density at radius 3 is 2.78 bits per heavy atom. The van der Waals surface area contributed by atoms with Crippen molar-refractivity contribution in [3.05, 3.63) is 24.3 Å². The lowest BCUT2D eigenvalue weighted by Gasteiger charge is -2.31. The minimum Gasteiger partial charge on any atom is -0.444 e. The normalized spacial score (nSPS) is 27.5. The second-order valence-corrected chi connectivity index (χ2v) is 6.12. The van der Waals surface area contributed by atoms with Gasteiger partial charge in [-0.05, 0) is 52.0 Å². The molecule has 2 aliphatic heterocycles. The minimum atomic E-state index is -0.430. The van der Waals surface area contributed by atoms with Crippen molar-refractivity contribution in [1.29, 1.82) is 0 Å². The SMILES string of the molecule is C=CC1=CCCC2CCC1N2C(=O)OC(C)(C)C. The molecule has 0 radical (unpaired) electrons. The molecule has 0 spiro atoms. The number of carbonyl (C=O) groups excluding carboxylic acids is 1. The van der Waals surface area contributed by atoms with Crippen molar-refractivity contribution >= 4 is 6.09 Å². The molecule has 2 atom stereocenters. The standard InChI is InChI=1S/C15H23NO2/c1-5-11-7-6-8-12-9-10-13(11)16(12)14(17)18-15(2,3)4/h5,7,12-13H,1,6,8-10H2,2-4H3. The molecule has 1 fully saturated rings. The summed E-state index contributed by atoms with van der Waals surface area (Å²) in [4.78, 5) is 14.3. The quantitative estimate of drug-likeness (QED) is 0.709. The van der Waals surface area contributed by atoms with Crippen LogP contribution >= 0.6 is 0 Å². The first-order valence-electron chi connectivity index (χ1n) is 6.76. The van der Waals surface area contributed by atoms with Gasteiger partial charge >= 0.3 is 6.09 Å². The van der Waals surface area contributed by atoms with Gasteiger partial charge in [0.25, 0.3) is 0 Å². The summed E-state index contributed by atoms with van der Waals surface area (Å²) in [5.41, 5.74) is 0.752. The van der Waals surface area contributed by atoms with Gasteiger partial charge < -0.3 is 4.74 Å². The zero-order valence-corrected chi connectivity index (χ0v) is 11.6. The molecule has 2 aliphatic rings. The number of fused-ring (bicyclic) bond motifs is 2. The zero-order valence-electron chi connectivity index (χ0n) is 11.6. The summed E-state index contributed by atoms with van der Waals surface area (Å²) < 4.78 is 5.53. The predicted molar refractivity (Wildman–Crippen MR) is 72.4 cm³/mol. The maximum atomic E-state index is 12.3. The predicted octanol–water partition coefficient (Wildman–Crippen LogP) is 3.66. The highest BCUT2D eigenvalue weighted by Crippen LogP contribution is 2.36. The van der Waals surface area contributed by atoms with Crippen LogP contribution in [0.2, 0.25) is 0 Å². The number of carbonyl (C=O) groups is 1. The van der Waals surface area contributed by atoms with Gasteiger partial charge in [-0.3, -0.25) is 4.90 Å². The second-order valence-electron chi connectivity index (χ2n) is 6.12. The smallest absolute Gasteiger partial charge is 0.411 e. The Bertz CT molecular complexity index is 378. The van der Waals surface area contributed by atoms with E-state index in [1.165, 1.54) is 5.57 Å². The average molecular weight is 249 g/mol. The largest absolute Gasteiger partial charge is 0.444 e. The lowest BCUT2D eigenvalue weighted by molar-refractivity contribution is 0.0175. The first kappa shape index (κ1) is 13.2. The number of amides is 1. The summed E-state index contributed by atoms with van der Waals surface area (Å²) in [7, 11) is 0. The second kappa shape index (κ2) is 4.79. The Balaban J connectivity index is 2.19. The van der Waals surface area contributed by atoms with Crippen molar-refractivity contribution in [2.75, 3.05) is 0 Å². The first-order chi connectivity index (χ1) is 8.42. The minimum absolute atomic E-state index is 0.171. The van der Waals surface area contributed by atoms with E-state index < -0.39 is 5.60 Å². The Morgan fingerprint density at radius 1 is 1.44 bits per heavy atom. The highest BCUT2D eigenvalue weighted by atomic mass is 16.6. The van der Waals surface area contributed by atoms with Crippen LogP contribution in [-0.4, -0.2) is 28.7 Å². The van der Waals surface area contributed by atoms with Gasteiger partial charge in [-0.25, -0.2) is 4.79 Å². The van der Waals surface area contributed by atoms with Gasteiger partial charge in [0.15, 0.2) is 0 Å². The summed E-state index contributed by atoms with van der Waals surface area (Å²) in [6.07, 6.45) is 8.10. The molecule has 100 valence electrons. The Kier molecular flexibility index (Phi) is 3.51. The van der Waals surface area contributed by atoms with E-state index in [1.807, 2.05) is 31.7 Å². The molecule has 0 aliphatic carbocycles. The molecule has 1 saturated heterocycles. The van der Waals surface area contributed by atoms with Gasteiger partial charge in [-0.2, -0.15) is 0 Å². The van der Waals surface area contributed by atoms with Crippen LogP contribution < -0.4 is 0 Å². The van der Waals surface area contributed by atoms with Gasteiger partial charge in [-0.15, -0.1) is 0 Å². The Hall–Kier alpha value is -1.25. The van der Waals surface area contributed by atoms with Crippen molar-refractivity contribution in [1.82, 2.24) is 4.90 Å². The molecule has 2 rings (SSSR count). The third-order valence-electron chi connectivity index (χ3n) is 3.61. The van der Waals surface area contributed by atoms with Crippen molar-refractivity contribution in [3.8, 4) is 0 Å². The summed E-state index contributed by atoms with van der Waals surface area (Å²) in [6.45, 7) is 9.60. The summed E-state index contributed by atoms with van der Waals surface area (Å²) >= 11 is 0. The zero-order chi connectivity index (χ0) is 13.3. The molecule has 2 bridgehead atoms. The maximum absolute atomic E-state index is 12.3. The fourth-order valence-electron chi connectivity index (χ4n) is 2.88. The molecule has 3 nitrogen and oxygen atoms in total. The lowest BCUT2D eigenvalue weighted by atomic mass is 10.00. The van der Waals surface area contributed by atoms with Gasteiger partial charge in [0.2, 0.25) is 0 Å². The fourth-order valence-corrected chi connectivity index (χ4v) is 2.88. The van der Waals surface area contributed by atoms with E-state index in [0.29, 0.717) is 6.04 Å². The average Bonchev–Trinajstić information content (AvgIpc) is 2.53. The number of hydrogen-bond donors (Lipinski definition) is 0. The molecule has 0 N–H and O–H groups in total. The van der Waals surface area contributed by atoms with Crippen molar-refractivity contribution < 1.29 is 9.53 Å². The van der Waals surface area contributed by atoms with E-state index >= 15 is 0 Å². The highest BCUT2D eigenvalue weighted by Gasteiger charge is 2.41. The van der Waals surface area contributed by atoms with Gasteiger partial charge in [0.1, 0.15) is 5.60 Å². The maximum Gasteiger partial charge on any atom is 0.411 e. The lowest BCUT2D eigenvalue weighted by Crippen LogP contribution is -2.44. The van der Waals surface area contributed by atoms with E-state index in [-0.39, 0.29) is 12.1 Å². The molecule has 18 heavy (non-hydrogen) atoms. The molecule has 0 aromatic rings. The summed E-state index contributed by atoms with van der Waals surface area (Å²) in [6, 6.07) is 0.503. The molecular formula is C15H23NO2. The van der Waals surface area contributed by atoms with Crippen LogP contribution in [-0.2, 0) is 4.74 Å². The van der Waals surface area contributed by atoms with Crippen LogP contribution in [0.15, 0.2) is 24.3 Å². The van der Waals surface area contributed by atoms with Crippen LogP contribution in [0.5, 0.6) is 0 Å².